The van der Waals surface area contributed by atoms with Gasteiger partial charge in [-0.05, 0) is 37.5 Å². The van der Waals surface area contributed by atoms with Gasteiger partial charge in [0.1, 0.15) is 0 Å². The lowest BCUT2D eigenvalue weighted by atomic mass is 9.73. The quantitative estimate of drug-likeness (QED) is 0.638. The first-order chi connectivity index (χ1) is 8.99. The first kappa shape index (κ1) is 19.4. The normalized spacial score (nSPS) is 12.8. The van der Waals surface area contributed by atoms with E-state index in [1.54, 1.807) is 0 Å². The van der Waals surface area contributed by atoms with Gasteiger partial charge in [0.05, 0.1) is 12.7 Å². The van der Waals surface area contributed by atoms with Crippen molar-refractivity contribution in [2.45, 2.75) is 73.8 Å². The highest BCUT2D eigenvalue weighted by Crippen LogP contribution is 2.37. The Kier molecular flexibility index (Phi) is 7.79. The molecule has 0 fully saturated rings. The van der Waals surface area contributed by atoms with Crippen molar-refractivity contribution in [2.24, 2.45) is 10.8 Å². The summed E-state index contributed by atoms with van der Waals surface area (Å²) < 4.78 is 5.75. The second-order valence-electron chi connectivity index (χ2n) is 7.86. The number of hydrogen-bond donors (Lipinski definition) is 0. The Morgan fingerprint density at radius 1 is 1.15 bits per heavy atom. The van der Waals surface area contributed by atoms with Gasteiger partial charge >= 0.3 is 0 Å². The number of ether oxygens (including phenoxy) is 1. The molecule has 0 aromatic carbocycles. The van der Waals surface area contributed by atoms with Crippen LogP contribution in [0.15, 0.2) is 0 Å². The molecule has 20 heavy (non-hydrogen) atoms. The largest absolute Gasteiger partial charge is 0.378 e. The van der Waals surface area contributed by atoms with Crippen LogP contribution in [0.4, 0.5) is 0 Å². The van der Waals surface area contributed by atoms with Crippen LogP contribution in [-0.4, -0.2) is 37.1 Å². The van der Waals surface area contributed by atoms with Crippen LogP contribution in [0.2, 0.25) is 0 Å². The molecule has 0 rings (SSSR count). The van der Waals surface area contributed by atoms with E-state index < -0.39 is 0 Å². The summed E-state index contributed by atoms with van der Waals surface area (Å²) >= 11 is 0. The van der Waals surface area contributed by atoms with Gasteiger partial charge in [-0.2, -0.15) is 0 Å². The van der Waals surface area contributed by atoms with Crippen molar-refractivity contribution in [1.29, 1.82) is 0 Å². The van der Waals surface area contributed by atoms with Gasteiger partial charge in [-0.1, -0.05) is 34.6 Å². The molecule has 0 heterocycles. The van der Waals surface area contributed by atoms with Crippen molar-refractivity contribution in [3.8, 4) is 0 Å². The minimum Gasteiger partial charge on any atom is -0.378 e. The van der Waals surface area contributed by atoms with Crippen LogP contribution in [0.25, 0.3) is 0 Å². The molecular formula is C17H35NO2. The van der Waals surface area contributed by atoms with Crippen LogP contribution in [-0.2, 0) is 9.53 Å². The van der Waals surface area contributed by atoms with Crippen LogP contribution in [0.5, 0.6) is 0 Å². The second kappa shape index (κ2) is 8.02. The molecule has 0 aliphatic heterocycles. The third-order valence-electron chi connectivity index (χ3n) is 3.38. The monoisotopic (exact) mass is 285 g/mol. The number of nitrogens with zero attached hydrogens (tertiary/aromatic N) is 1. The Hall–Kier alpha value is -0.570. The maximum atomic E-state index is 12.2. The SMILES string of the molecule is CCCN(C)C(=O)CC(C)(C)CC(C)(C)COC(C)C. The van der Waals surface area contributed by atoms with Crippen LogP contribution in [0.3, 0.4) is 0 Å². The molecule has 0 saturated heterocycles. The van der Waals surface area contributed by atoms with Gasteiger partial charge in [0, 0.05) is 20.0 Å². The van der Waals surface area contributed by atoms with E-state index in [0.29, 0.717) is 6.42 Å². The molecule has 0 aromatic heterocycles. The maximum Gasteiger partial charge on any atom is 0.222 e. The van der Waals surface area contributed by atoms with E-state index in [9.17, 15) is 4.79 Å². The van der Waals surface area contributed by atoms with Crippen molar-refractivity contribution < 1.29 is 9.53 Å². The van der Waals surface area contributed by atoms with Crippen LogP contribution in [0.1, 0.15) is 67.7 Å². The fourth-order valence-corrected chi connectivity index (χ4v) is 2.81. The minimum absolute atomic E-state index is 0.00290. The second-order valence-corrected chi connectivity index (χ2v) is 7.86. The lowest BCUT2D eigenvalue weighted by Gasteiger charge is -2.35. The molecule has 0 bridgehead atoms. The summed E-state index contributed by atoms with van der Waals surface area (Å²) in [5.74, 6) is 0.248. The molecule has 0 atom stereocenters. The molecule has 0 aliphatic carbocycles. The van der Waals surface area contributed by atoms with Crippen molar-refractivity contribution in [1.82, 2.24) is 4.90 Å². The molecule has 0 aromatic rings. The molecule has 120 valence electrons. The maximum absolute atomic E-state index is 12.2. The Balaban J connectivity index is 4.45. The van der Waals surface area contributed by atoms with Gasteiger partial charge in [-0.3, -0.25) is 4.79 Å². The number of rotatable bonds is 9. The Bertz CT molecular complexity index is 295. The summed E-state index contributed by atoms with van der Waals surface area (Å²) in [5, 5.41) is 0. The predicted molar refractivity (Wildman–Crippen MR) is 85.8 cm³/mol. The summed E-state index contributed by atoms with van der Waals surface area (Å²) in [6.07, 6.45) is 2.86. The lowest BCUT2D eigenvalue weighted by Crippen LogP contribution is -2.35. The molecule has 0 radical (unpaired) electrons. The van der Waals surface area contributed by atoms with E-state index >= 15 is 0 Å². The summed E-state index contributed by atoms with van der Waals surface area (Å²) in [7, 11) is 1.90. The average molecular weight is 285 g/mol. The lowest BCUT2D eigenvalue weighted by molar-refractivity contribution is -0.132. The summed E-state index contributed by atoms with van der Waals surface area (Å²) in [6, 6.07) is 0. The van der Waals surface area contributed by atoms with Gasteiger partial charge in [0.2, 0.25) is 5.91 Å². The van der Waals surface area contributed by atoms with Gasteiger partial charge in [0.15, 0.2) is 0 Å². The zero-order valence-corrected chi connectivity index (χ0v) is 14.9. The summed E-state index contributed by atoms with van der Waals surface area (Å²) in [5.41, 5.74) is 0.0975. The Morgan fingerprint density at radius 3 is 2.15 bits per heavy atom. The molecule has 0 unspecified atom stereocenters. The third kappa shape index (κ3) is 8.57. The van der Waals surface area contributed by atoms with Crippen molar-refractivity contribution in [2.75, 3.05) is 20.2 Å². The Labute approximate surface area is 126 Å². The van der Waals surface area contributed by atoms with Crippen molar-refractivity contribution in [3.63, 3.8) is 0 Å². The fourth-order valence-electron chi connectivity index (χ4n) is 2.81. The molecule has 3 heteroatoms. The van der Waals surface area contributed by atoms with Crippen LogP contribution in [0, 0.1) is 10.8 Å². The molecule has 3 nitrogen and oxygen atoms in total. The average Bonchev–Trinajstić information content (AvgIpc) is 2.24. The van der Waals surface area contributed by atoms with Gasteiger partial charge in [-0.25, -0.2) is 0 Å². The zero-order chi connectivity index (χ0) is 16.0. The van der Waals surface area contributed by atoms with E-state index in [4.69, 9.17) is 4.74 Å². The Morgan fingerprint density at radius 2 is 1.70 bits per heavy atom. The molecule has 1 amide bonds. The molecule has 0 N–H and O–H groups in total. The number of hydrogen-bond acceptors (Lipinski definition) is 2. The van der Waals surface area contributed by atoms with Crippen molar-refractivity contribution in [3.05, 3.63) is 0 Å². The van der Waals surface area contributed by atoms with Gasteiger partial charge in [0.25, 0.3) is 0 Å². The third-order valence-corrected chi connectivity index (χ3v) is 3.38. The predicted octanol–water partition coefficient (Wildman–Crippen LogP) is 4.11. The highest BCUT2D eigenvalue weighted by atomic mass is 16.5. The van der Waals surface area contributed by atoms with Crippen LogP contribution < -0.4 is 0 Å². The van der Waals surface area contributed by atoms with Gasteiger partial charge in [-0.15, -0.1) is 0 Å². The first-order valence-electron chi connectivity index (χ1n) is 7.85. The first-order valence-corrected chi connectivity index (χ1v) is 7.85. The van der Waals surface area contributed by atoms with E-state index in [1.807, 2.05) is 11.9 Å². The minimum atomic E-state index is 0.00290. The van der Waals surface area contributed by atoms with E-state index in [2.05, 4.69) is 48.5 Å². The molecular weight excluding hydrogens is 250 g/mol. The smallest absolute Gasteiger partial charge is 0.222 e. The zero-order valence-electron chi connectivity index (χ0n) is 14.9. The summed E-state index contributed by atoms with van der Waals surface area (Å²) in [4.78, 5) is 14.0. The molecule has 0 aliphatic rings. The molecule has 0 spiro atoms. The highest BCUT2D eigenvalue weighted by molar-refractivity contribution is 5.76. The number of carbonyl (C=O) groups is 1. The standard InChI is InChI=1S/C17H35NO2/c1-9-10-18(8)15(19)11-16(4,5)12-17(6,7)13-20-14(2)3/h14H,9-13H2,1-8H3. The van der Waals surface area contributed by atoms with Crippen LogP contribution >= 0.6 is 0 Å². The van der Waals surface area contributed by atoms with E-state index in [-0.39, 0.29) is 22.8 Å². The van der Waals surface area contributed by atoms with Gasteiger partial charge < -0.3 is 9.64 Å². The van der Waals surface area contributed by atoms with E-state index in [0.717, 1.165) is 26.0 Å². The number of carbonyl (C=O) groups excluding carboxylic acids is 1. The van der Waals surface area contributed by atoms with E-state index in [1.165, 1.54) is 0 Å². The summed E-state index contributed by atoms with van der Waals surface area (Å²) in [6.45, 7) is 16.6. The number of amides is 1. The fraction of sp³-hybridized carbons (Fsp3) is 0.941. The molecule has 0 saturated carbocycles. The highest BCUT2D eigenvalue weighted by Gasteiger charge is 2.31. The van der Waals surface area contributed by atoms with Crippen molar-refractivity contribution >= 4 is 5.91 Å². The topological polar surface area (TPSA) is 29.5 Å².